The molecule has 2 rings (SSSR count). The topological polar surface area (TPSA) is 72.0 Å². The van der Waals surface area contributed by atoms with Gasteiger partial charge in [-0.25, -0.2) is 8.42 Å². The monoisotopic (exact) mass is 393 g/mol. The zero-order valence-electron chi connectivity index (χ0n) is 10.5. The molecule has 2 aromatic rings. The van der Waals surface area contributed by atoms with E-state index >= 15 is 0 Å². The van der Waals surface area contributed by atoms with Gasteiger partial charge in [0.2, 0.25) is 15.2 Å². The third-order valence-electron chi connectivity index (χ3n) is 2.16. The molecule has 0 radical (unpaired) electrons. The van der Waals surface area contributed by atoms with Crippen molar-refractivity contribution in [2.75, 3.05) is 10.5 Å². The summed E-state index contributed by atoms with van der Waals surface area (Å²) in [5, 5.41) is 8.04. The Kier molecular flexibility index (Phi) is 5.42. The summed E-state index contributed by atoms with van der Waals surface area (Å²) >= 11 is 6.09. The van der Waals surface area contributed by atoms with Crippen molar-refractivity contribution in [1.82, 2.24) is 10.2 Å². The molecule has 0 aliphatic carbocycles. The van der Waals surface area contributed by atoms with Crippen LogP contribution in [0.4, 0.5) is 5.13 Å². The summed E-state index contributed by atoms with van der Waals surface area (Å²) in [7, 11) is -3.48. The molecule has 1 N–H and O–H groups in total. The fourth-order valence-electron chi connectivity index (χ4n) is 1.45. The minimum atomic E-state index is -3.48. The summed E-state index contributed by atoms with van der Waals surface area (Å²) in [6, 6.07) is 7.19. The van der Waals surface area contributed by atoms with Gasteiger partial charge in [0.1, 0.15) is 0 Å². The molecule has 0 amide bonds. The van der Waals surface area contributed by atoms with Crippen molar-refractivity contribution >= 4 is 54.2 Å². The van der Waals surface area contributed by atoms with Gasteiger partial charge in [-0.3, -0.25) is 4.72 Å². The van der Waals surface area contributed by atoms with Gasteiger partial charge in [0.25, 0.3) is 0 Å². The summed E-state index contributed by atoms with van der Waals surface area (Å²) in [6.07, 6.45) is 0. The van der Waals surface area contributed by atoms with E-state index in [-0.39, 0.29) is 5.75 Å². The second kappa shape index (κ2) is 6.88. The highest BCUT2D eigenvalue weighted by atomic mass is 79.9. The van der Waals surface area contributed by atoms with E-state index in [1.165, 1.54) is 23.1 Å². The lowest BCUT2D eigenvalue weighted by atomic mass is 10.2. The van der Waals surface area contributed by atoms with Crippen LogP contribution in [0.3, 0.4) is 0 Å². The maximum absolute atomic E-state index is 12.1. The van der Waals surface area contributed by atoms with Crippen LogP contribution in [0.15, 0.2) is 33.1 Å². The Morgan fingerprint density at radius 2 is 2.20 bits per heavy atom. The molecule has 5 nitrogen and oxygen atoms in total. The third-order valence-corrected chi connectivity index (χ3v) is 5.86. The van der Waals surface area contributed by atoms with Crippen LogP contribution >= 0.6 is 39.0 Å². The Balaban J connectivity index is 2.06. The molecule has 0 fully saturated rings. The van der Waals surface area contributed by atoms with Crippen molar-refractivity contribution in [3.05, 3.63) is 34.3 Å². The Hall–Kier alpha value is -0.640. The number of halogens is 1. The molecule has 9 heteroatoms. The summed E-state index contributed by atoms with van der Waals surface area (Å²) in [4.78, 5) is 0. The number of thioether (sulfide) groups is 1. The Bertz CT molecular complexity index is 688. The van der Waals surface area contributed by atoms with Crippen LogP contribution in [-0.4, -0.2) is 24.4 Å². The molecule has 0 saturated heterocycles. The number of nitrogens with zero attached hydrogens (tertiary/aromatic N) is 2. The molecule has 0 bridgehead atoms. The molecular weight excluding hydrogens is 382 g/mol. The summed E-state index contributed by atoms with van der Waals surface area (Å²) in [6.45, 7) is 2.00. The lowest BCUT2D eigenvalue weighted by Gasteiger charge is -2.05. The predicted molar refractivity (Wildman–Crippen MR) is 86.7 cm³/mol. The molecule has 108 valence electrons. The molecule has 0 saturated carbocycles. The normalized spacial score (nSPS) is 11.5. The standard InChI is InChI=1S/C11H12BrN3O2S3/c1-2-18-11-14-13-10(19-11)15-20(16,17)7-8-4-3-5-9(12)6-8/h3-6H,2,7H2,1H3,(H,13,15). The van der Waals surface area contributed by atoms with Crippen molar-refractivity contribution in [3.63, 3.8) is 0 Å². The SMILES string of the molecule is CCSc1nnc(NS(=O)(=O)Cc2cccc(Br)c2)s1. The van der Waals surface area contributed by atoms with Crippen LogP contribution in [0.2, 0.25) is 0 Å². The van der Waals surface area contributed by atoms with Gasteiger partial charge in [-0.05, 0) is 23.4 Å². The number of hydrogen-bond acceptors (Lipinski definition) is 6. The van der Waals surface area contributed by atoms with Gasteiger partial charge in [-0.1, -0.05) is 58.1 Å². The molecule has 0 aliphatic heterocycles. The Morgan fingerprint density at radius 1 is 1.40 bits per heavy atom. The highest BCUT2D eigenvalue weighted by Crippen LogP contribution is 2.26. The highest BCUT2D eigenvalue weighted by Gasteiger charge is 2.15. The molecule has 1 aromatic heterocycles. The lowest BCUT2D eigenvalue weighted by Crippen LogP contribution is -2.14. The molecule has 0 spiro atoms. The fraction of sp³-hybridized carbons (Fsp3) is 0.273. The first-order valence-corrected chi connectivity index (χ1v) is 9.94. The molecule has 20 heavy (non-hydrogen) atoms. The zero-order chi connectivity index (χ0) is 14.6. The first kappa shape index (κ1) is 15.7. The fourth-order valence-corrected chi connectivity index (χ4v) is 4.94. The second-order valence-corrected chi connectivity index (χ2v) is 8.92. The van der Waals surface area contributed by atoms with Crippen molar-refractivity contribution in [2.24, 2.45) is 0 Å². The van der Waals surface area contributed by atoms with Gasteiger partial charge in [0, 0.05) is 4.47 Å². The zero-order valence-corrected chi connectivity index (χ0v) is 14.6. The van der Waals surface area contributed by atoms with Gasteiger partial charge in [-0.15, -0.1) is 10.2 Å². The summed E-state index contributed by atoms with van der Waals surface area (Å²) < 4.78 is 28.2. The number of anilines is 1. The van der Waals surface area contributed by atoms with Gasteiger partial charge in [0.05, 0.1) is 5.75 Å². The minimum absolute atomic E-state index is 0.0950. The van der Waals surface area contributed by atoms with Crippen LogP contribution < -0.4 is 4.72 Å². The first-order chi connectivity index (χ1) is 9.48. The quantitative estimate of drug-likeness (QED) is 0.761. The number of benzene rings is 1. The maximum atomic E-state index is 12.1. The number of hydrogen-bond donors (Lipinski definition) is 1. The van der Waals surface area contributed by atoms with Crippen LogP contribution in [-0.2, 0) is 15.8 Å². The highest BCUT2D eigenvalue weighted by molar-refractivity contribution is 9.10. The van der Waals surface area contributed by atoms with Gasteiger partial charge >= 0.3 is 0 Å². The Labute approximate surface area is 134 Å². The van der Waals surface area contributed by atoms with Crippen molar-refractivity contribution in [3.8, 4) is 0 Å². The number of rotatable bonds is 6. The number of aromatic nitrogens is 2. The van der Waals surface area contributed by atoms with E-state index in [0.29, 0.717) is 10.7 Å². The molecule has 0 aliphatic rings. The summed E-state index contributed by atoms with van der Waals surface area (Å²) in [5.74, 6) is 0.779. The van der Waals surface area contributed by atoms with Crippen molar-refractivity contribution in [2.45, 2.75) is 17.0 Å². The van der Waals surface area contributed by atoms with Gasteiger partial charge in [0.15, 0.2) is 4.34 Å². The van der Waals surface area contributed by atoms with Crippen molar-refractivity contribution < 1.29 is 8.42 Å². The minimum Gasteiger partial charge on any atom is -0.257 e. The van der Waals surface area contributed by atoms with Gasteiger partial charge < -0.3 is 0 Å². The average molecular weight is 394 g/mol. The van der Waals surface area contributed by atoms with E-state index in [1.807, 2.05) is 13.0 Å². The van der Waals surface area contributed by atoms with E-state index < -0.39 is 10.0 Å². The van der Waals surface area contributed by atoms with Crippen molar-refractivity contribution in [1.29, 1.82) is 0 Å². The van der Waals surface area contributed by atoms with Gasteiger partial charge in [-0.2, -0.15) is 0 Å². The number of nitrogens with one attached hydrogen (secondary N) is 1. The van der Waals surface area contributed by atoms with E-state index in [4.69, 9.17) is 0 Å². The lowest BCUT2D eigenvalue weighted by molar-refractivity contribution is 0.600. The molecule has 0 atom stereocenters. The largest absolute Gasteiger partial charge is 0.257 e. The predicted octanol–water partition coefficient (Wildman–Crippen LogP) is 3.35. The Morgan fingerprint density at radius 3 is 2.90 bits per heavy atom. The third kappa shape index (κ3) is 4.72. The molecule has 1 heterocycles. The maximum Gasteiger partial charge on any atom is 0.238 e. The van der Waals surface area contributed by atoms with E-state index in [1.54, 1.807) is 18.2 Å². The van der Waals surface area contributed by atoms with E-state index in [0.717, 1.165) is 14.6 Å². The second-order valence-electron chi connectivity index (χ2n) is 3.80. The van der Waals surface area contributed by atoms with E-state index in [2.05, 4.69) is 30.8 Å². The van der Waals surface area contributed by atoms with Crippen LogP contribution in [0, 0.1) is 0 Å². The first-order valence-electron chi connectivity index (χ1n) is 5.70. The van der Waals surface area contributed by atoms with Crippen LogP contribution in [0.5, 0.6) is 0 Å². The summed E-state index contributed by atoms with van der Waals surface area (Å²) in [5.41, 5.74) is 0.708. The molecule has 0 unspecified atom stereocenters. The molecular formula is C11H12BrN3O2S3. The molecule has 1 aromatic carbocycles. The average Bonchev–Trinajstić information content (AvgIpc) is 2.75. The smallest absolute Gasteiger partial charge is 0.238 e. The van der Waals surface area contributed by atoms with Crippen LogP contribution in [0.1, 0.15) is 12.5 Å². The van der Waals surface area contributed by atoms with E-state index in [9.17, 15) is 8.42 Å². The number of sulfonamides is 1. The van der Waals surface area contributed by atoms with Crippen LogP contribution in [0.25, 0.3) is 0 Å².